The van der Waals surface area contributed by atoms with Crippen LogP contribution in [0.4, 0.5) is 0 Å². The highest BCUT2D eigenvalue weighted by atomic mass is 14.9. The van der Waals surface area contributed by atoms with E-state index >= 15 is 0 Å². The summed E-state index contributed by atoms with van der Waals surface area (Å²) in [5.41, 5.74) is 11.3. The Balaban J connectivity index is 1.65. The van der Waals surface area contributed by atoms with E-state index in [-0.39, 0.29) is 0 Å². The van der Waals surface area contributed by atoms with Crippen molar-refractivity contribution in [1.29, 1.82) is 0 Å². The third-order valence-electron chi connectivity index (χ3n) is 6.15. The second kappa shape index (κ2) is 8.84. The molecule has 2 nitrogen and oxygen atoms in total. The molecule has 33 heavy (non-hydrogen) atoms. The van der Waals surface area contributed by atoms with E-state index in [1.807, 2.05) is 55.5 Å². The molecule has 0 bridgehead atoms. The summed E-state index contributed by atoms with van der Waals surface area (Å²) in [5.74, 6) is 0.701. The van der Waals surface area contributed by atoms with Gasteiger partial charge in [0.05, 0.1) is 5.70 Å². The Morgan fingerprint density at radius 3 is 2.15 bits per heavy atom. The third kappa shape index (κ3) is 4.20. The van der Waals surface area contributed by atoms with Crippen molar-refractivity contribution in [2.45, 2.75) is 20.3 Å². The van der Waals surface area contributed by atoms with Gasteiger partial charge in [0.1, 0.15) is 0 Å². The Morgan fingerprint density at radius 1 is 0.727 bits per heavy atom. The summed E-state index contributed by atoms with van der Waals surface area (Å²) in [6.45, 7) is 8.44. The van der Waals surface area contributed by atoms with Gasteiger partial charge in [0, 0.05) is 11.3 Å². The van der Waals surface area contributed by atoms with Crippen LogP contribution in [0.25, 0.3) is 16.8 Å². The van der Waals surface area contributed by atoms with Gasteiger partial charge in [-0.1, -0.05) is 109 Å². The van der Waals surface area contributed by atoms with Crippen molar-refractivity contribution in [3.05, 3.63) is 137 Å². The van der Waals surface area contributed by atoms with Gasteiger partial charge in [-0.2, -0.15) is 0 Å². The zero-order valence-corrected chi connectivity index (χ0v) is 19.0. The van der Waals surface area contributed by atoms with Crippen LogP contribution in [0.3, 0.4) is 0 Å². The van der Waals surface area contributed by atoms with E-state index in [4.69, 9.17) is 9.98 Å². The lowest BCUT2D eigenvalue weighted by molar-refractivity contribution is 1.24. The molecule has 2 heteroatoms. The van der Waals surface area contributed by atoms with Gasteiger partial charge in [0.2, 0.25) is 0 Å². The number of benzene rings is 4. The fourth-order valence-electron chi connectivity index (χ4n) is 4.40. The molecule has 0 aliphatic heterocycles. The minimum absolute atomic E-state index is 0.701. The summed E-state index contributed by atoms with van der Waals surface area (Å²) >= 11 is 0. The van der Waals surface area contributed by atoms with Gasteiger partial charge in [0.25, 0.3) is 0 Å². The number of aliphatic imine (C=N–C) groups is 2. The van der Waals surface area contributed by atoms with Crippen LogP contribution >= 0.6 is 0 Å². The van der Waals surface area contributed by atoms with Crippen LogP contribution < -0.4 is 0 Å². The van der Waals surface area contributed by atoms with E-state index < -0.39 is 0 Å². The number of fused-ring (bicyclic) bond motifs is 3. The van der Waals surface area contributed by atoms with Crippen LogP contribution in [-0.4, -0.2) is 11.5 Å². The van der Waals surface area contributed by atoms with Crippen molar-refractivity contribution < 1.29 is 0 Å². The normalized spacial score (nSPS) is 12.9. The average molecular weight is 427 g/mol. The Kier molecular flexibility index (Phi) is 5.58. The molecule has 0 unspecified atom stereocenters. The first-order valence-electron chi connectivity index (χ1n) is 11.3. The van der Waals surface area contributed by atoms with E-state index in [1.165, 1.54) is 27.8 Å². The molecular formula is C31H26N2. The lowest BCUT2D eigenvalue weighted by Crippen LogP contribution is -2.07. The van der Waals surface area contributed by atoms with Gasteiger partial charge < -0.3 is 0 Å². The second-order valence-electron chi connectivity index (χ2n) is 8.48. The molecule has 0 amide bonds. The lowest BCUT2D eigenvalue weighted by Gasteiger charge is -2.11. The van der Waals surface area contributed by atoms with Crippen molar-refractivity contribution in [1.82, 2.24) is 0 Å². The zero-order chi connectivity index (χ0) is 22.8. The molecule has 0 saturated carbocycles. The minimum atomic E-state index is 0.701. The fraction of sp³-hybridized carbons (Fsp3) is 0.0968. The van der Waals surface area contributed by atoms with Crippen molar-refractivity contribution in [2.24, 2.45) is 9.98 Å². The van der Waals surface area contributed by atoms with Crippen LogP contribution in [-0.2, 0) is 6.42 Å². The smallest absolute Gasteiger partial charge is 0.160 e. The standard InChI is InChI=1S/C31H26N2/c1-21-17-18-26-20-30-27(29(26)19-21)15-10-16-28(30)31(32-22(2)24-11-6-4-7-12-24)33-23(3)25-13-8-5-9-14-25/h4-19H,2,20H2,1,3H3. The maximum absolute atomic E-state index is 5.05. The lowest BCUT2D eigenvalue weighted by atomic mass is 9.99. The van der Waals surface area contributed by atoms with E-state index in [2.05, 4.69) is 62.0 Å². The van der Waals surface area contributed by atoms with E-state index in [0.29, 0.717) is 11.5 Å². The molecule has 1 aliphatic rings. The van der Waals surface area contributed by atoms with Crippen LogP contribution in [0.5, 0.6) is 0 Å². The van der Waals surface area contributed by atoms with Crippen LogP contribution in [0.1, 0.15) is 40.3 Å². The summed E-state index contributed by atoms with van der Waals surface area (Å²) in [6.07, 6.45) is 0.887. The Labute approximate surface area is 195 Å². The Morgan fingerprint density at radius 2 is 1.42 bits per heavy atom. The molecule has 0 aromatic heterocycles. The molecule has 5 rings (SSSR count). The van der Waals surface area contributed by atoms with Crippen molar-refractivity contribution >= 4 is 17.2 Å². The van der Waals surface area contributed by atoms with Crippen LogP contribution in [0.15, 0.2) is 114 Å². The topological polar surface area (TPSA) is 24.7 Å². The molecule has 0 saturated heterocycles. The summed E-state index contributed by atoms with van der Waals surface area (Å²) in [4.78, 5) is 10.0. The first-order chi connectivity index (χ1) is 16.1. The van der Waals surface area contributed by atoms with E-state index in [1.54, 1.807) is 0 Å². The van der Waals surface area contributed by atoms with Gasteiger partial charge in [-0.05, 0) is 53.6 Å². The Hall–Kier alpha value is -4.04. The van der Waals surface area contributed by atoms with Gasteiger partial charge in [0.15, 0.2) is 5.84 Å². The fourth-order valence-corrected chi connectivity index (χ4v) is 4.40. The van der Waals surface area contributed by atoms with Crippen LogP contribution in [0.2, 0.25) is 0 Å². The first kappa shape index (κ1) is 20.8. The highest BCUT2D eigenvalue weighted by Gasteiger charge is 2.23. The molecule has 160 valence electrons. The molecule has 0 atom stereocenters. The van der Waals surface area contributed by atoms with E-state index in [0.717, 1.165) is 28.8 Å². The number of hydrogen-bond donors (Lipinski definition) is 0. The number of amidine groups is 1. The first-order valence-corrected chi connectivity index (χ1v) is 11.3. The van der Waals surface area contributed by atoms with Crippen LogP contribution in [0, 0.1) is 6.92 Å². The number of rotatable bonds is 4. The predicted molar refractivity (Wildman–Crippen MR) is 140 cm³/mol. The number of nitrogens with zero attached hydrogens (tertiary/aromatic N) is 2. The van der Waals surface area contributed by atoms with Crippen molar-refractivity contribution in [3.63, 3.8) is 0 Å². The average Bonchev–Trinajstić information content (AvgIpc) is 3.22. The van der Waals surface area contributed by atoms with Crippen molar-refractivity contribution in [3.8, 4) is 11.1 Å². The van der Waals surface area contributed by atoms with Gasteiger partial charge >= 0.3 is 0 Å². The molecule has 0 fully saturated rings. The highest BCUT2D eigenvalue weighted by molar-refractivity contribution is 6.14. The SMILES string of the molecule is C=C(N=C(N=C(C)c1ccccc1)c1cccc2c1Cc1ccc(C)cc1-2)c1ccccc1. The Bertz CT molecular complexity index is 1390. The monoisotopic (exact) mass is 426 g/mol. The quantitative estimate of drug-likeness (QED) is 0.210. The molecular weight excluding hydrogens is 400 g/mol. The molecule has 1 aliphatic carbocycles. The molecule has 4 aromatic carbocycles. The summed E-state index contributed by atoms with van der Waals surface area (Å²) in [7, 11) is 0. The molecule has 0 radical (unpaired) electrons. The minimum Gasteiger partial charge on any atom is -0.233 e. The maximum Gasteiger partial charge on any atom is 0.160 e. The predicted octanol–water partition coefficient (Wildman–Crippen LogP) is 7.49. The van der Waals surface area contributed by atoms with E-state index in [9.17, 15) is 0 Å². The van der Waals surface area contributed by atoms with Gasteiger partial charge in [-0.15, -0.1) is 0 Å². The largest absolute Gasteiger partial charge is 0.233 e. The summed E-state index contributed by atoms with van der Waals surface area (Å²) < 4.78 is 0. The third-order valence-corrected chi connectivity index (χ3v) is 6.15. The van der Waals surface area contributed by atoms with Gasteiger partial charge in [-0.3, -0.25) is 0 Å². The molecule has 0 N–H and O–H groups in total. The van der Waals surface area contributed by atoms with Gasteiger partial charge in [-0.25, -0.2) is 9.98 Å². The maximum atomic E-state index is 5.05. The molecule has 0 heterocycles. The number of hydrogen-bond acceptors (Lipinski definition) is 1. The highest BCUT2D eigenvalue weighted by Crippen LogP contribution is 2.39. The molecule has 0 spiro atoms. The zero-order valence-electron chi connectivity index (χ0n) is 19.0. The number of aryl methyl sites for hydroxylation is 1. The summed E-state index contributed by atoms with van der Waals surface area (Å²) in [5, 5.41) is 0. The van der Waals surface area contributed by atoms with Crippen molar-refractivity contribution in [2.75, 3.05) is 0 Å². The molecule has 4 aromatic rings. The second-order valence-corrected chi connectivity index (χ2v) is 8.48. The summed E-state index contributed by atoms with van der Waals surface area (Å²) in [6, 6.07) is 33.5.